The van der Waals surface area contributed by atoms with Crippen molar-refractivity contribution in [2.45, 2.75) is 292 Å². The van der Waals surface area contributed by atoms with E-state index < -0.39 is 8.60 Å². The average Bonchev–Trinajstić information content (AvgIpc) is 3.24. The minimum absolute atomic E-state index is 0.762. The van der Waals surface area contributed by atoms with E-state index in [1.807, 2.05) is 18.2 Å². The summed E-state index contributed by atoms with van der Waals surface area (Å²) in [6.07, 6.45) is 57.7. The summed E-state index contributed by atoms with van der Waals surface area (Å²) >= 11 is 0. The van der Waals surface area contributed by atoms with E-state index in [4.69, 9.17) is 13.6 Å². The van der Waals surface area contributed by atoms with Gasteiger partial charge >= 0.3 is 8.60 Å². The van der Waals surface area contributed by atoms with Crippen LogP contribution >= 0.6 is 8.60 Å². The SMILES string of the molecule is C=CCCCCCCCC.C=CCCCCCCCCOP(OCCCCCCCC)OCCCCCCCCC=C.CCCCCCCC.CCCCCCCC. The molecular formula is C54H111O3P. The van der Waals surface area contributed by atoms with E-state index in [1.165, 1.54) is 218 Å². The fraction of sp³-hybridized carbons (Fsp3) is 0.889. The van der Waals surface area contributed by atoms with Crippen LogP contribution in [0.1, 0.15) is 292 Å². The van der Waals surface area contributed by atoms with E-state index in [0.717, 1.165) is 51.9 Å². The number of unbranched alkanes of at least 4 members (excludes halogenated alkanes) is 33. The van der Waals surface area contributed by atoms with Gasteiger partial charge in [0, 0.05) is 0 Å². The van der Waals surface area contributed by atoms with Crippen LogP contribution in [-0.4, -0.2) is 19.8 Å². The van der Waals surface area contributed by atoms with Crippen LogP contribution in [0.4, 0.5) is 0 Å². The number of hydrogen-bond acceptors (Lipinski definition) is 3. The van der Waals surface area contributed by atoms with Gasteiger partial charge in [0.25, 0.3) is 0 Å². The maximum absolute atomic E-state index is 6.00. The van der Waals surface area contributed by atoms with Gasteiger partial charge < -0.3 is 13.6 Å². The lowest BCUT2D eigenvalue weighted by molar-refractivity contribution is 0.153. The van der Waals surface area contributed by atoms with Crippen molar-refractivity contribution in [3.05, 3.63) is 38.0 Å². The highest BCUT2D eigenvalue weighted by atomic mass is 31.2. The van der Waals surface area contributed by atoms with Crippen LogP contribution in [-0.2, 0) is 13.6 Å². The molecule has 0 saturated carbocycles. The molecule has 0 aliphatic rings. The highest BCUT2D eigenvalue weighted by molar-refractivity contribution is 7.41. The minimum Gasteiger partial charge on any atom is -0.312 e. The lowest BCUT2D eigenvalue weighted by atomic mass is 10.1. The average molecular weight is 839 g/mol. The Morgan fingerprint density at radius 2 is 0.431 bits per heavy atom. The lowest BCUT2D eigenvalue weighted by Gasteiger charge is -2.17. The molecule has 0 aromatic heterocycles. The molecule has 0 N–H and O–H groups in total. The van der Waals surface area contributed by atoms with E-state index in [1.54, 1.807) is 0 Å². The molecule has 0 aliphatic carbocycles. The number of hydrogen-bond donors (Lipinski definition) is 0. The highest BCUT2D eigenvalue weighted by Gasteiger charge is 2.12. The molecule has 0 rings (SSSR count). The van der Waals surface area contributed by atoms with E-state index in [-0.39, 0.29) is 0 Å². The molecule has 0 amide bonds. The molecule has 0 aromatic carbocycles. The second-order valence-corrected chi connectivity index (χ2v) is 17.8. The first-order chi connectivity index (χ1) is 28.6. The van der Waals surface area contributed by atoms with Gasteiger partial charge in [-0.2, -0.15) is 0 Å². The van der Waals surface area contributed by atoms with Crippen LogP contribution in [0.5, 0.6) is 0 Å². The van der Waals surface area contributed by atoms with Gasteiger partial charge in [-0.3, -0.25) is 0 Å². The maximum atomic E-state index is 6.00. The first-order valence-corrected chi connectivity index (χ1v) is 27.2. The molecule has 4 heteroatoms. The third-order valence-electron chi connectivity index (χ3n) is 10.4. The zero-order valence-electron chi connectivity index (χ0n) is 41.2. The second-order valence-electron chi connectivity index (χ2n) is 16.6. The van der Waals surface area contributed by atoms with Crippen molar-refractivity contribution in [3.8, 4) is 0 Å². The molecule has 58 heavy (non-hydrogen) atoms. The Morgan fingerprint density at radius 1 is 0.259 bits per heavy atom. The molecule has 0 heterocycles. The second kappa shape index (κ2) is 68.3. The molecule has 0 aliphatic heterocycles. The Bertz CT molecular complexity index is 633. The predicted octanol–water partition coefficient (Wildman–Crippen LogP) is 21.1. The van der Waals surface area contributed by atoms with Crippen molar-refractivity contribution in [1.82, 2.24) is 0 Å². The van der Waals surface area contributed by atoms with Gasteiger partial charge in [-0.25, -0.2) is 0 Å². The van der Waals surface area contributed by atoms with Crippen molar-refractivity contribution in [3.63, 3.8) is 0 Å². The standard InChI is InChI=1S/C28H55O3P.C10H20.2C8H18/c1-4-7-10-13-16-18-21-24-27-30-32(29-26-23-20-15-12-9-6-3)31-28-25-22-19-17-14-11-8-5-2;1-3-5-7-9-10-8-6-4-2;2*1-3-5-7-8-6-4-2/h4-5H,1-2,6-28H2,3H3;3H,1,4-10H2,2H3;2*3-8H2,1-2H3. The number of rotatable bonds is 45. The predicted molar refractivity (Wildman–Crippen MR) is 269 cm³/mol. The van der Waals surface area contributed by atoms with E-state index in [2.05, 4.69) is 61.3 Å². The summed E-state index contributed by atoms with van der Waals surface area (Å²) in [6.45, 7) is 27.1. The van der Waals surface area contributed by atoms with Crippen LogP contribution in [0, 0.1) is 0 Å². The maximum Gasteiger partial charge on any atom is 0.332 e. The van der Waals surface area contributed by atoms with Crippen LogP contribution in [0.25, 0.3) is 0 Å². The molecule has 3 nitrogen and oxygen atoms in total. The van der Waals surface area contributed by atoms with Crippen LogP contribution in [0.15, 0.2) is 38.0 Å². The monoisotopic (exact) mass is 839 g/mol. The normalized spacial score (nSPS) is 10.6. The first-order valence-electron chi connectivity index (χ1n) is 26.1. The van der Waals surface area contributed by atoms with Crippen LogP contribution in [0.3, 0.4) is 0 Å². The van der Waals surface area contributed by atoms with Crippen molar-refractivity contribution in [2.75, 3.05) is 19.8 Å². The van der Waals surface area contributed by atoms with E-state index in [0.29, 0.717) is 0 Å². The quantitative estimate of drug-likeness (QED) is 0.0347. The molecule has 0 aromatic rings. The molecule has 0 saturated heterocycles. The molecular weight excluding hydrogens is 728 g/mol. The summed E-state index contributed by atoms with van der Waals surface area (Å²) in [7, 11) is -1.18. The third-order valence-corrected chi connectivity index (χ3v) is 11.5. The largest absolute Gasteiger partial charge is 0.332 e. The molecule has 0 spiro atoms. The summed E-state index contributed by atoms with van der Waals surface area (Å²) in [5, 5.41) is 0. The summed E-state index contributed by atoms with van der Waals surface area (Å²) in [6, 6.07) is 0. The molecule has 0 bridgehead atoms. The van der Waals surface area contributed by atoms with Gasteiger partial charge in [-0.1, -0.05) is 252 Å². The zero-order chi connectivity index (χ0) is 43.5. The van der Waals surface area contributed by atoms with Gasteiger partial charge in [0.05, 0.1) is 19.8 Å². The molecule has 0 unspecified atom stereocenters. The lowest BCUT2D eigenvalue weighted by Crippen LogP contribution is -2.00. The minimum atomic E-state index is -1.18. The molecule has 0 fully saturated rings. The Labute approximate surface area is 370 Å². The zero-order valence-corrected chi connectivity index (χ0v) is 42.1. The van der Waals surface area contributed by atoms with Gasteiger partial charge in [0.15, 0.2) is 0 Å². The number of allylic oxidation sites excluding steroid dienone is 3. The van der Waals surface area contributed by atoms with Crippen molar-refractivity contribution >= 4 is 8.60 Å². The smallest absolute Gasteiger partial charge is 0.312 e. The summed E-state index contributed by atoms with van der Waals surface area (Å²) < 4.78 is 18.0. The van der Waals surface area contributed by atoms with Crippen molar-refractivity contribution in [2.24, 2.45) is 0 Å². The Hall–Kier alpha value is -0.470. The van der Waals surface area contributed by atoms with Crippen LogP contribution < -0.4 is 0 Å². The summed E-state index contributed by atoms with van der Waals surface area (Å²) in [4.78, 5) is 0. The highest BCUT2D eigenvalue weighted by Crippen LogP contribution is 2.40. The topological polar surface area (TPSA) is 27.7 Å². The van der Waals surface area contributed by atoms with Gasteiger partial charge in [-0.15, -0.1) is 19.7 Å². The van der Waals surface area contributed by atoms with E-state index >= 15 is 0 Å². The molecule has 350 valence electrons. The fourth-order valence-electron chi connectivity index (χ4n) is 6.38. The van der Waals surface area contributed by atoms with Gasteiger partial charge in [-0.05, 0) is 57.8 Å². The van der Waals surface area contributed by atoms with Crippen molar-refractivity contribution in [1.29, 1.82) is 0 Å². The van der Waals surface area contributed by atoms with Crippen LogP contribution in [0.2, 0.25) is 0 Å². The Kier molecular flexibility index (Phi) is 75.5. The molecule has 0 atom stereocenters. The first kappa shape index (κ1) is 64.2. The summed E-state index contributed by atoms with van der Waals surface area (Å²) in [5.74, 6) is 0. The molecule has 0 radical (unpaired) electrons. The van der Waals surface area contributed by atoms with E-state index in [9.17, 15) is 0 Å². The fourth-order valence-corrected chi connectivity index (χ4v) is 7.44. The van der Waals surface area contributed by atoms with Gasteiger partial charge in [0.2, 0.25) is 0 Å². The Morgan fingerprint density at radius 3 is 0.621 bits per heavy atom. The van der Waals surface area contributed by atoms with Gasteiger partial charge in [0.1, 0.15) is 0 Å². The van der Waals surface area contributed by atoms with Crippen molar-refractivity contribution < 1.29 is 13.6 Å². The summed E-state index contributed by atoms with van der Waals surface area (Å²) in [5.41, 5.74) is 0. The third kappa shape index (κ3) is 73.1. The Balaban J connectivity index is -0.000000448.